The molecule has 0 saturated carbocycles. The topological polar surface area (TPSA) is 59.2 Å². The van der Waals surface area contributed by atoms with Gasteiger partial charge in [-0.15, -0.1) is 0 Å². The van der Waals surface area contributed by atoms with Gasteiger partial charge < -0.3 is 5.73 Å². The Labute approximate surface area is 178 Å². The van der Waals surface area contributed by atoms with Crippen molar-refractivity contribution < 1.29 is 4.79 Å². The molecule has 4 rings (SSSR count). The lowest BCUT2D eigenvalue weighted by molar-refractivity contribution is -0.130. The molecule has 4 nitrogen and oxygen atoms in total. The Morgan fingerprint density at radius 3 is 2.43 bits per heavy atom. The van der Waals surface area contributed by atoms with Crippen LogP contribution >= 0.6 is 0 Å². The number of rotatable bonds is 6. The molecule has 2 aromatic carbocycles. The van der Waals surface area contributed by atoms with Crippen LogP contribution in [0.3, 0.4) is 0 Å². The Balaban J connectivity index is 1.46. The fourth-order valence-electron chi connectivity index (χ4n) is 4.50. The van der Waals surface area contributed by atoms with E-state index in [1.54, 1.807) is 6.20 Å². The third-order valence-electron chi connectivity index (χ3n) is 6.29. The van der Waals surface area contributed by atoms with E-state index in [1.807, 2.05) is 12.3 Å². The van der Waals surface area contributed by atoms with Crippen molar-refractivity contribution in [3.8, 4) is 11.1 Å². The lowest BCUT2D eigenvalue weighted by Gasteiger charge is -2.40. The summed E-state index contributed by atoms with van der Waals surface area (Å²) in [6.07, 6.45) is 5.93. The van der Waals surface area contributed by atoms with Crippen molar-refractivity contribution in [3.63, 3.8) is 0 Å². The van der Waals surface area contributed by atoms with E-state index >= 15 is 0 Å². The van der Waals surface area contributed by atoms with Crippen LogP contribution in [-0.2, 0) is 17.8 Å². The van der Waals surface area contributed by atoms with E-state index in [2.05, 4.69) is 71.4 Å². The number of amides is 1. The SMILES string of the molecule is Cc1cccc(CN2CCC(Cc3cccc(-c4cccnc4)c3)(C(N)=O)CC2)c1. The Kier molecular flexibility index (Phi) is 5.96. The Hall–Kier alpha value is -2.98. The molecule has 2 heterocycles. The van der Waals surface area contributed by atoms with Crippen LogP contribution in [-0.4, -0.2) is 28.9 Å². The van der Waals surface area contributed by atoms with Gasteiger partial charge in [0.05, 0.1) is 5.41 Å². The highest BCUT2D eigenvalue weighted by atomic mass is 16.1. The summed E-state index contributed by atoms with van der Waals surface area (Å²) in [7, 11) is 0. The summed E-state index contributed by atoms with van der Waals surface area (Å²) in [5, 5.41) is 0. The van der Waals surface area contributed by atoms with Crippen LogP contribution in [0, 0.1) is 12.3 Å². The molecule has 1 aromatic heterocycles. The highest BCUT2D eigenvalue weighted by Gasteiger charge is 2.39. The standard InChI is InChI=1S/C26H29N3O/c1-20-5-2-7-22(15-20)19-29-13-10-26(11-14-29,25(27)30)17-21-6-3-8-23(16-21)24-9-4-12-28-18-24/h2-9,12,15-16,18H,10-11,13-14,17,19H2,1H3,(H2,27,30). The zero-order valence-electron chi connectivity index (χ0n) is 17.6. The van der Waals surface area contributed by atoms with Crippen LogP contribution in [0.4, 0.5) is 0 Å². The van der Waals surface area contributed by atoms with Gasteiger partial charge in [-0.3, -0.25) is 14.7 Å². The van der Waals surface area contributed by atoms with E-state index in [1.165, 1.54) is 11.1 Å². The fourth-order valence-corrected chi connectivity index (χ4v) is 4.50. The summed E-state index contributed by atoms with van der Waals surface area (Å²) < 4.78 is 0. The number of likely N-dealkylation sites (tertiary alicyclic amines) is 1. The molecular formula is C26H29N3O. The van der Waals surface area contributed by atoms with Crippen molar-refractivity contribution >= 4 is 5.91 Å². The van der Waals surface area contributed by atoms with Crippen LogP contribution in [0.2, 0.25) is 0 Å². The molecule has 2 N–H and O–H groups in total. The number of nitrogens with two attached hydrogens (primary N) is 1. The minimum Gasteiger partial charge on any atom is -0.369 e. The zero-order valence-corrected chi connectivity index (χ0v) is 17.6. The molecule has 154 valence electrons. The van der Waals surface area contributed by atoms with Gasteiger partial charge in [-0.25, -0.2) is 0 Å². The smallest absolute Gasteiger partial charge is 0.224 e. The number of nitrogens with zero attached hydrogens (tertiary/aromatic N) is 2. The van der Waals surface area contributed by atoms with Gasteiger partial charge in [0.15, 0.2) is 0 Å². The number of carbonyl (C=O) groups excluding carboxylic acids is 1. The van der Waals surface area contributed by atoms with E-state index in [0.717, 1.165) is 49.2 Å². The van der Waals surface area contributed by atoms with E-state index in [-0.39, 0.29) is 5.91 Å². The average Bonchev–Trinajstić information content (AvgIpc) is 2.76. The zero-order chi connectivity index (χ0) is 21.0. The summed E-state index contributed by atoms with van der Waals surface area (Å²) >= 11 is 0. The van der Waals surface area contributed by atoms with Crippen molar-refractivity contribution in [2.45, 2.75) is 32.7 Å². The maximum Gasteiger partial charge on any atom is 0.224 e. The number of hydrogen-bond donors (Lipinski definition) is 1. The highest BCUT2D eigenvalue weighted by Crippen LogP contribution is 2.36. The molecule has 30 heavy (non-hydrogen) atoms. The second-order valence-electron chi connectivity index (χ2n) is 8.53. The Bertz CT molecular complexity index is 1010. The van der Waals surface area contributed by atoms with Gasteiger partial charge in [0, 0.05) is 18.9 Å². The van der Waals surface area contributed by atoms with Crippen LogP contribution < -0.4 is 5.73 Å². The summed E-state index contributed by atoms with van der Waals surface area (Å²) in [6.45, 7) is 4.82. The van der Waals surface area contributed by atoms with E-state index in [4.69, 9.17) is 5.73 Å². The monoisotopic (exact) mass is 399 g/mol. The van der Waals surface area contributed by atoms with Crippen molar-refractivity contribution in [3.05, 3.63) is 89.7 Å². The van der Waals surface area contributed by atoms with E-state index in [0.29, 0.717) is 6.42 Å². The van der Waals surface area contributed by atoms with Crippen molar-refractivity contribution in [1.82, 2.24) is 9.88 Å². The van der Waals surface area contributed by atoms with Gasteiger partial charge in [-0.05, 0) is 67.6 Å². The molecule has 0 radical (unpaired) electrons. The molecular weight excluding hydrogens is 370 g/mol. The molecule has 1 amide bonds. The molecule has 1 fully saturated rings. The van der Waals surface area contributed by atoms with Gasteiger partial charge in [0.2, 0.25) is 5.91 Å². The Morgan fingerprint density at radius 2 is 1.73 bits per heavy atom. The van der Waals surface area contributed by atoms with Crippen molar-refractivity contribution in [2.24, 2.45) is 11.1 Å². The molecule has 3 aromatic rings. The van der Waals surface area contributed by atoms with Crippen LogP contribution in [0.5, 0.6) is 0 Å². The number of carbonyl (C=O) groups is 1. The lowest BCUT2D eigenvalue weighted by atomic mass is 9.73. The minimum absolute atomic E-state index is 0.176. The molecule has 1 aliphatic heterocycles. The molecule has 0 unspecified atom stereocenters. The number of pyridine rings is 1. The van der Waals surface area contributed by atoms with Crippen LogP contribution in [0.15, 0.2) is 73.1 Å². The third kappa shape index (κ3) is 4.60. The summed E-state index contributed by atoms with van der Waals surface area (Å²) in [5.74, 6) is -0.176. The molecule has 1 saturated heterocycles. The van der Waals surface area contributed by atoms with Gasteiger partial charge in [0.1, 0.15) is 0 Å². The van der Waals surface area contributed by atoms with Gasteiger partial charge in [-0.2, -0.15) is 0 Å². The second kappa shape index (κ2) is 8.80. The van der Waals surface area contributed by atoms with Crippen molar-refractivity contribution in [1.29, 1.82) is 0 Å². The highest BCUT2D eigenvalue weighted by molar-refractivity contribution is 5.81. The number of piperidine rings is 1. The van der Waals surface area contributed by atoms with Crippen LogP contribution in [0.1, 0.15) is 29.5 Å². The minimum atomic E-state index is -0.476. The largest absolute Gasteiger partial charge is 0.369 e. The number of aromatic nitrogens is 1. The average molecular weight is 400 g/mol. The first-order chi connectivity index (χ1) is 14.5. The predicted molar refractivity (Wildman–Crippen MR) is 121 cm³/mol. The molecule has 0 atom stereocenters. The maximum atomic E-state index is 12.5. The van der Waals surface area contributed by atoms with Gasteiger partial charge in [-0.1, -0.05) is 60.2 Å². The first-order valence-electron chi connectivity index (χ1n) is 10.6. The van der Waals surface area contributed by atoms with Gasteiger partial charge in [0.25, 0.3) is 0 Å². The fraction of sp³-hybridized carbons (Fsp3) is 0.308. The normalized spacial score (nSPS) is 16.3. The molecule has 0 spiro atoms. The van der Waals surface area contributed by atoms with Gasteiger partial charge >= 0.3 is 0 Å². The molecule has 0 bridgehead atoms. The summed E-state index contributed by atoms with van der Waals surface area (Å²) in [6, 6.07) is 21.0. The first-order valence-corrected chi connectivity index (χ1v) is 10.6. The van der Waals surface area contributed by atoms with Crippen molar-refractivity contribution in [2.75, 3.05) is 13.1 Å². The van der Waals surface area contributed by atoms with E-state index < -0.39 is 5.41 Å². The third-order valence-corrected chi connectivity index (χ3v) is 6.29. The number of hydrogen-bond acceptors (Lipinski definition) is 3. The Morgan fingerprint density at radius 1 is 1.00 bits per heavy atom. The summed E-state index contributed by atoms with van der Waals surface area (Å²) in [5.41, 5.74) is 11.4. The quantitative estimate of drug-likeness (QED) is 0.670. The molecule has 4 heteroatoms. The maximum absolute atomic E-state index is 12.5. The molecule has 1 aliphatic rings. The second-order valence-corrected chi connectivity index (χ2v) is 8.53. The number of aryl methyl sites for hydroxylation is 1. The van der Waals surface area contributed by atoms with Crippen LogP contribution in [0.25, 0.3) is 11.1 Å². The number of benzene rings is 2. The number of primary amides is 1. The summed E-state index contributed by atoms with van der Waals surface area (Å²) in [4.78, 5) is 19.2. The molecule has 0 aliphatic carbocycles. The lowest BCUT2D eigenvalue weighted by Crippen LogP contribution is -2.48. The predicted octanol–water partition coefficient (Wildman–Crippen LogP) is 4.37. The first kappa shape index (κ1) is 20.3. The van der Waals surface area contributed by atoms with E-state index in [9.17, 15) is 4.79 Å².